The Bertz CT molecular complexity index is 1180. The molecule has 3 rings (SSSR count). The van der Waals surface area contributed by atoms with Gasteiger partial charge in [-0.25, -0.2) is 4.79 Å². The van der Waals surface area contributed by atoms with E-state index in [2.05, 4.69) is 9.93 Å². The van der Waals surface area contributed by atoms with Crippen LogP contribution >= 0.6 is 0 Å². The van der Waals surface area contributed by atoms with E-state index < -0.39 is 15.6 Å². The van der Waals surface area contributed by atoms with E-state index in [9.17, 15) is 18.3 Å². The predicted octanol–water partition coefficient (Wildman–Crippen LogP) is 2.51. The third-order valence-corrected chi connectivity index (χ3v) is 4.99. The van der Waals surface area contributed by atoms with Crippen molar-refractivity contribution in [3.8, 4) is 5.75 Å². The summed E-state index contributed by atoms with van der Waals surface area (Å²) in [4.78, 5) is 14.0. The van der Waals surface area contributed by atoms with E-state index in [1.54, 1.807) is 12.1 Å². The molecule has 134 valence electrons. The molecule has 0 fully saturated rings. The van der Waals surface area contributed by atoms with Crippen LogP contribution in [0.1, 0.15) is 18.2 Å². The third kappa shape index (κ3) is 3.45. The van der Waals surface area contributed by atoms with E-state index in [1.807, 2.05) is 18.2 Å². The molecule has 2 N–H and O–H groups in total. The van der Waals surface area contributed by atoms with Gasteiger partial charge in [0, 0.05) is 6.07 Å². The number of aryl methyl sites for hydroxylation is 1. The van der Waals surface area contributed by atoms with Crippen molar-refractivity contribution in [1.29, 1.82) is 0 Å². The topological polar surface area (TPSA) is 109 Å². The van der Waals surface area contributed by atoms with Crippen molar-refractivity contribution in [3.05, 3.63) is 70.3 Å². The monoisotopic (exact) mass is 372 g/mol. The van der Waals surface area contributed by atoms with Crippen molar-refractivity contribution in [2.45, 2.75) is 18.7 Å². The van der Waals surface area contributed by atoms with Gasteiger partial charge in [-0.1, -0.05) is 30.3 Å². The molecule has 8 heteroatoms. The fourth-order valence-electron chi connectivity index (χ4n) is 2.50. The number of aromatic hydroxyl groups is 1. The number of fused-ring (bicyclic) bond motifs is 1. The van der Waals surface area contributed by atoms with Gasteiger partial charge in [0.05, 0.1) is 10.6 Å². The second-order valence-electron chi connectivity index (χ2n) is 5.71. The smallest absolute Gasteiger partial charge is 0.348 e. The summed E-state index contributed by atoms with van der Waals surface area (Å²) in [6.07, 6.45) is 0. The summed E-state index contributed by atoms with van der Waals surface area (Å²) in [5.41, 5.74) is -1.01. The van der Waals surface area contributed by atoms with E-state index in [1.165, 1.54) is 32.0 Å². The summed E-state index contributed by atoms with van der Waals surface area (Å²) in [7, 11) is -3.94. The van der Waals surface area contributed by atoms with Crippen molar-refractivity contribution >= 4 is 26.5 Å². The van der Waals surface area contributed by atoms with E-state index in [0.29, 0.717) is 0 Å². The standard InChI is InChI=1S/C18H16N2O5S/c1-11-9-16(21)17(18(22)25-11)12(2)19-20-26(23,24)15-8-7-13-5-3-4-6-14(13)10-15/h3-10,20-21H,1-2H3/b19-12-. The highest BCUT2D eigenvalue weighted by molar-refractivity contribution is 7.89. The van der Waals surface area contributed by atoms with E-state index in [0.717, 1.165) is 10.8 Å². The molecule has 1 aromatic heterocycles. The van der Waals surface area contributed by atoms with Crippen LogP contribution in [0.25, 0.3) is 10.8 Å². The average Bonchev–Trinajstić information content (AvgIpc) is 2.58. The van der Waals surface area contributed by atoms with E-state index in [4.69, 9.17) is 4.42 Å². The number of nitrogens with one attached hydrogen (secondary N) is 1. The van der Waals surface area contributed by atoms with Crippen LogP contribution in [-0.4, -0.2) is 19.2 Å². The Labute approximate surface area is 149 Å². The zero-order chi connectivity index (χ0) is 18.9. The Morgan fingerprint density at radius 1 is 1.12 bits per heavy atom. The molecule has 1 heterocycles. The highest BCUT2D eigenvalue weighted by Crippen LogP contribution is 2.19. The number of hydrogen-bond donors (Lipinski definition) is 2. The fourth-order valence-corrected chi connectivity index (χ4v) is 3.39. The van der Waals surface area contributed by atoms with Gasteiger partial charge in [-0.2, -0.15) is 18.4 Å². The van der Waals surface area contributed by atoms with Gasteiger partial charge < -0.3 is 9.52 Å². The summed E-state index contributed by atoms with van der Waals surface area (Å²) >= 11 is 0. The Morgan fingerprint density at radius 2 is 1.81 bits per heavy atom. The normalized spacial score (nSPS) is 12.3. The van der Waals surface area contributed by atoms with Gasteiger partial charge in [-0.15, -0.1) is 0 Å². The lowest BCUT2D eigenvalue weighted by Gasteiger charge is -2.07. The van der Waals surface area contributed by atoms with Crippen LogP contribution in [0, 0.1) is 6.92 Å². The van der Waals surface area contributed by atoms with Gasteiger partial charge >= 0.3 is 5.63 Å². The predicted molar refractivity (Wildman–Crippen MR) is 97.9 cm³/mol. The fraction of sp³-hybridized carbons (Fsp3) is 0.111. The molecule has 0 aliphatic rings. The van der Waals surface area contributed by atoms with Crippen LogP contribution in [0.15, 0.2) is 67.7 Å². The maximum Gasteiger partial charge on any atom is 0.348 e. The van der Waals surface area contributed by atoms with Gasteiger partial charge in [0.2, 0.25) is 0 Å². The molecule has 0 spiro atoms. The molecule has 0 bridgehead atoms. The van der Waals surface area contributed by atoms with Gasteiger partial charge in [0.25, 0.3) is 10.0 Å². The van der Waals surface area contributed by atoms with Crippen molar-refractivity contribution in [2.24, 2.45) is 5.10 Å². The zero-order valence-corrected chi connectivity index (χ0v) is 14.9. The minimum atomic E-state index is -3.94. The minimum Gasteiger partial charge on any atom is -0.507 e. The van der Waals surface area contributed by atoms with Crippen molar-refractivity contribution in [2.75, 3.05) is 0 Å². The first kappa shape index (κ1) is 17.7. The SMILES string of the molecule is C/C(=N/NS(=O)(=O)c1ccc2ccccc2c1)c1c(O)cc(C)oc1=O. The Balaban J connectivity index is 1.94. The van der Waals surface area contributed by atoms with Gasteiger partial charge in [0.1, 0.15) is 17.1 Å². The molecule has 26 heavy (non-hydrogen) atoms. The minimum absolute atomic E-state index is 0.0133. The maximum atomic E-state index is 12.5. The molecular weight excluding hydrogens is 356 g/mol. The van der Waals surface area contributed by atoms with Crippen molar-refractivity contribution in [3.63, 3.8) is 0 Å². The first-order chi connectivity index (χ1) is 12.3. The average molecular weight is 372 g/mol. The summed E-state index contributed by atoms with van der Waals surface area (Å²) in [5, 5.41) is 15.3. The van der Waals surface area contributed by atoms with Gasteiger partial charge in [0.15, 0.2) is 0 Å². The Hall–Kier alpha value is -3.13. The lowest BCUT2D eigenvalue weighted by atomic mass is 10.1. The number of hydrogen-bond acceptors (Lipinski definition) is 6. The highest BCUT2D eigenvalue weighted by atomic mass is 32.2. The van der Waals surface area contributed by atoms with Gasteiger partial charge in [-0.3, -0.25) is 0 Å². The van der Waals surface area contributed by atoms with Crippen molar-refractivity contribution in [1.82, 2.24) is 4.83 Å². The number of hydrazone groups is 1. The first-order valence-corrected chi connectivity index (χ1v) is 9.15. The summed E-state index contributed by atoms with van der Waals surface area (Å²) in [6, 6.07) is 13.3. The molecule has 2 aromatic carbocycles. The molecule has 0 atom stereocenters. The second kappa shape index (κ2) is 6.64. The highest BCUT2D eigenvalue weighted by Gasteiger charge is 2.16. The Kier molecular flexibility index (Phi) is 4.52. The first-order valence-electron chi connectivity index (χ1n) is 7.67. The third-order valence-electron chi connectivity index (χ3n) is 3.78. The molecule has 0 saturated heterocycles. The molecule has 7 nitrogen and oxygen atoms in total. The van der Waals surface area contributed by atoms with E-state index >= 15 is 0 Å². The summed E-state index contributed by atoms with van der Waals surface area (Å²) < 4.78 is 29.8. The molecular formula is C18H16N2O5S. The van der Waals surface area contributed by atoms with Crippen LogP contribution in [0.2, 0.25) is 0 Å². The number of sulfonamides is 1. The largest absolute Gasteiger partial charge is 0.507 e. The summed E-state index contributed by atoms with van der Waals surface area (Å²) in [5.74, 6) is -0.0919. The van der Waals surface area contributed by atoms with Crippen LogP contribution in [-0.2, 0) is 10.0 Å². The quantitative estimate of drug-likeness (QED) is 0.540. The molecule has 0 radical (unpaired) electrons. The van der Waals surface area contributed by atoms with Crippen LogP contribution in [0.3, 0.4) is 0 Å². The van der Waals surface area contributed by atoms with Crippen LogP contribution < -0.4 is 10.5 Å². The van der Waals surface area contributed by atoms with E-state index in [-0.39, 0.29) is 27.7 Å². The van der Waals surface area contributed by atoms with Crippen LogP contribution in [0.4, 0.5) is 0 Å². The maximum absolute atomic E-state index is 12.5. The molecule has 0 aliphatic heterocycles. The molecule has 0 saturated carbocycles. The number of rotatable bonds is 4. The lowest BCUT2D eigenvalue weighted by Crippen LogP contribution is -2.22. The second-order valence-corrected chi connectivity index (χ2v) is 7.37. The Morgan fingerprint density at radius 3 is 2.50 bits per heavy atom. The summed E-state index contributed by atoms with van der Waals surface area (Å²) in [6.45, 7) is 2.91. The van der Waals surface area contributed by atoms with Crippen LogP contribution in [0.5, 0.6) is 5.75 Å². The lowest BCUT2D eigenvalue weighted by molar-refractivity contribution is 0.432. The number of benzene rings is 2. The molecule has 0 unspecified atom stereocenters. The number of nitrogens with zero attached hydrogens (tertiary/aromatic N) is 1. The molecule has 0 amide bonds. The molecule has 3 aromatic rings. The van der Waals surface area contributed by atoms with Gasteiger partial charge in [-0.05, 0) is 36.8 Å². The van der Waals surface area contributed by atoms with Crippen molar-refractivity contribution < 1.29 is 17.9 Å². The zero-order valence-electron chi connectivity index (χ0n) is 14.1. The molecule has 0 aliphatic carbocycles.